The van der Waals surface area contributed by atoms with Gasteiger partial charge in [-0.2, -0.15) is 0 Å². The number of ketones is 2. The van der Waals surface area contributed by atoms with Crippen LogP contribution < -0.4 is 0 Å². The molecule has 1 aromatic rings. The van der Waals surface area contributed by atoms with Crippen LogP contribution in [0.5, 0.6) is 0 Å². The summed E-state index contributed by atoms with van der Waals surface area (Å²) >= 11 is 0. The SMILES string of the molecule is COC(=O)c1ccc(C(C(C)=O)C(C)=O)cc1C(=O)OC. The molecule has 0 heterocycles. The lowest BCUT2D eigenvalue weighted by Gasteiger charge is -2.13. The van der Waals surface area contributed by atoms with Gasteiger partial charge in [-0.25, -0.2) is 9.59 Å². The molecule has 0 spiro atoms. The molecule has 0 fully saturated rings. The molecule has 0 aliphatic rings. The highest BCUT2D eigenvalue weighted by atomic mass is 16.5. The van der Waals surface area contributed by atoms with E-state index in [0.29, 0.717) is 5.56 Å². The lowest BCUT2D eigenvalue weighted by atomic mass is 9.89. The van der Waals surface area contributed by atoms with Gasteiger partial charge in [-0.3, -0.25) is 9.59 Å². The summed E-state index contributed by atoms with van der Waals surface area (Å²) in [5.41, 5.74) is 0.302. The highest BCUT2D eigenvalue weighted by Crippen LogP contribution is 2.23. The van der Waals surface area contributed by atoms with Gasteiger partial charge in [0.05, 0.1) is 25.3 Å². The van der Waals surface area contributed by atoms with Crippen molar-refractivity contribution in [2.75, 3.05) is 14.2 Å². The van der Waals surface area contributed by atoms with E-state index in [-0.39, 0.29) is 22.7 Å². The fourth-order valence-electron chi connectivity index (χ4n) is 2.06. The molecule has 112 valence electrons. The van der Waals surface area contributed by atoms with Crippen LogP contribution in [0.25, 0.3) is 0 Å². The maximum absolute atomic E-state index is 11.8. The van der Waals surface area contributed by atoms with Crippen molar-refractivity contribution in [1.82, 2.24) is 0 Å². The predicted molar refractivity (Wildman–Crippen MR) is 73.2 cm³/mol. The number of benzene rings is 1. The largest absolute Gasteiger partial charge is 0.465 e. The Labute approximate surface area is 122 Å². The first-order valence-electron chi connectivity index (χ1n) is 6.15. The Morgan fingerprint density at radius 1 is 0.857 bits per heavy atom. The lowest BCUT2D eigenvalue weighted by Crippen LogP contribution is -2.19. The molecular formula is C15H16O6. The van der Waals surface area contributed by atoms with E-state index in [9.17, 15) is 19.2 Å². The zero-order valence-electron chi connectivity index (χ0n) is 12.3. The summed E-state index contributed by atoms with van der Waals surface area (Å²) in [7, 11) is 2.36. The summed E-state index contributed by atoms with van der Waals surface area (Å²) in [6, 6.07) is 4.10. The second-order valence-corrected chi connectivity index (χ2v) is 4.44. The monoisotopic (exact) mass is 292 g/mol. The van der Waals surface area contributed by atoms with Crippen molar-refractivity contribution in [2.24, 2.45) is 0 Å². The molecule has 6 nitrogen and oxygen atoms in total. The maximum atomic E-state index is 11.8. The van der Waals surface area contributed by atoms with Gasteiger partial charge >= 0.3 is 11.9 Å². The number of esters is 2. The van der Waals surface area contributed by atoms with Crippen LogP contribution in [0.4, 0.5) is 0 Å². The Morgan fingerprint density at radius 3 is 1.76 bits per heavy atom. The van der Waals surface area contributed by atoms with Crippen molar-refractivity contribution in [3.8, 4) is 0 Å². The molecule has 21 heavy (non-hydrogen) atoms. The zero-order chi connectivity index (χ0) is 16.2. The Bertz CT molecular complexity index is 588. The zero-order valence-corrected chi connectivity index (χ0v) is 12.3. The number of hydrogen-bond acceptors (Lipinski definition) is 6. The third kappa shape index (κ3) is 3.53. The van der Waals surface area contributed by atoms with Crippen molar-refractivity contribution in [2.45, 2.75) is 19.8 Å². The minimum atomic E-state index is -0.972. The normalized spacial score (nSPS) is 10.1. The van der Waals surface area contributed by atoms with E-state index < -0.39 is 17.9 Å². The van der Waals surface area contributed by atoms with Crippen molar-refractivity contribution in [3.63, 3.8) is 0 Å². The molecule has 0 radical (unpaired) electrons. The molecule has 0 unspecified atom stereocenters. The van der Waals surface area contributed by atoms with Crippen molar-refractivity contribution >= 4 is 23.5 Å². The van der Waals surface area contributed by atoms with E-state index in [0.717, 1.165) is 0 Å². The molecule has 0 atom stereocenters. The number of carbonyl (C=O) groups excluding carboxylic acids is 4. The first-order chi connectivity index (χ1) is 9.83. The van der Waals surface area contributed by atoms with Gasteiger partial charge in [0.1, 0.15) is 17.5 Å². The van der Waals surface area contributed by atoms with Crippen LogP contribution in [-0.2, 0) is 19.1 Å². The fraction of sp³-hybridized carbons (Fsp3) is 0.333. The molecular weight excluding hydrogens is 276 g/mol. The van der Waals surface area contributed by atoms with Gasteiger partial charge in [-0.1, -0.05) is 6.07 Å². The van der Waals surface area contributed by atoms with E-state index in [1.165, 1.54) is 46.3 Å². The van der Waals surface area contributed by atoms with E-state index >= 15 is 0 Å². The van der Waals surface area contributed by atoms with Crippen LogP contribution in [0, 0.1) is 0 Å². The first kappa shape index (κ1) is 16.6. The molecule has 0 saturated carbocycles. The van der Waals surface area contributed by atoms with Crippen LogP contribution in [-0.4, -0.2) is 37.7 Å². The van der Waals surface area contributed by atoms with Crippen LogP contribution >= 0.6 is 0 Å². The van der Waals surface area contributed by atoms with Crippen LogP contribution in [0.15, 0.2) is 18.2 Å². The van der Waals surface area contributed by atoms with E-state index in [2.05, 4.69) is 9.47 Å². The molecule has 0 amide bonds. The highest BCUT2D eigenvalue weighted by molar-refractivity contribution is 6.07. The molecule has 0 aliphatic carbocycles. The smallest absolute Gasteiger partial charge is 0.338 e. The summed E-state index contributed by atoms with van der Waals surface area (Å²) < 4.78 is 9.20. The van der Waals surface area contributed by atoms with E-state index in [4.69, 9.17) is 0 Å². The molecule has 0 N–H and O–H groups in total. The summed E-state index contributed by atoms with van der Waals surface area (Å²) in [6.45, 7) is 2.58. The number of methoxy groups -OCH3 is 2. The molecule has 1 aromatic carbocycles. The summed E-state index contributed by atoms with van der Waals surface area (Å²) in [6.07, 6.45) is 0. The lowest BCUT2D eigenvalue weighted by molar-refractivity contribution is -0.126. The first-order valence-corrected chi connectivity index (χ1v) is 6.15. The van der Waals surface area contributed by atoms with Gasteiger partial charge in [0.25, 0.3) is 0 Å². The summed E-state index contributed by atoms with van der Waals surface area (Å²) in [5, 5.41) is 0. The van der Waals surface area contributed by atoms with Gasteiger partial charge in [-0.15, -0.1) is 0 Å². The minimum Gasteiger partial charge on any atom is -0.465 e. The van der Waals surface area contributed by atoms with Gasteiger partial charge in [0, 0.05) is 0 Å². The van der Waals surface area contributed by atoms with E-state index in [1.807, 2.05) is 0 Å². The third-order valence-corrected chi connectivity index (χ3v) is 3.00. The van der Waals surface area contributed by atoms with Crippen LogP contribution in [0.2, 0.25) is 0 Å². The number of rotatable bonds is 5. The van der Waals surface area contributed by atoms with E-state index in [1.54, 1.807) is 0 Å². The number of hydrogen-bond donors (Lipinski definition) is 0. The summed E-state index contributed by atoms with van der Waals surface area (Å²) in [4.78, 5) is 46.6. The molecule has 0 saturated heterocycles. The molecule has 6 heteroatoms. The molecule has 1 rings (SSSR count). The van der Waals surface area contributed by atoms with Crippen LogP contribution in [0.1, 0.15) is 46.0 Å². The Hall–Kier alpha value is -2.50. The second kappa shape index (κ2) is 6.78. The number of Topliss-reactive ketones (excluding diaryl/α,β-unsaturated/α-hetero) is 2. The standard InChI is InChI=1S/C15H16O6/c1-8(16)13(9(2)17)10-5-6-11(14(18)20-3)12(7-10)15(19)21-4/h5-7,13H,1-4H3. The van der Waals surface area contributed by atoms with Gasteiger partial charge < -0.3 is 9.47 Å². The van der Waals surface area contributed by atoms with Gasteiger partial charge in [0.2, 0.25) is 0 Å². The minimum absolute atomic E-state index is 0.0129. The van der Waals surface area contributed by atoms with Crippen molar-refractivity contribution in [3.05, 3.63) is 34.9 Å². The quantitative estimate of drug-likeness (QED) is 0.604. The predicted octanol–water partition coefficient (Wildman–Crippen LogP) is 1.52. The average molecular weight is 292 g/mol. The Kier molecular flexibility index (Phi) is 5.35. The highest BCUT2D eigenvalue weighted by Gasteiger charge is 2.25. The van der Waals surface area contributed by atoms with Crippen LogP contribution in [0.3, 0.4) is 0 Å². The maximum Gasteiger partial charge on any atom is 0.338 e. The van der Waals surface area contributed by atoms with Crippen molar-refractivity contribution < 1.29 is 28.7 Å². The third-order valence-electron chi connectivity index (χ3n) is 3.00. The Morgan fingerprint density at radius 2 is 1.33 bits per heavy atom. The number of carbonyl (C=O) groups is 4. The second-order valence-electron chi connectivity index (χ2n) is 4.44. The van der Waals surface area contributed by atoms with Gasteiger partial charge in [-0.05, 0) is 31.5 Å². The average Bonchev–Trinajstić information content (AvgIpc) is 2.44. The topological polar surface area (TPSA) is 86.7 Å². The molecule has 0 bridgehead atoms. The van der Waals surface area contributed by atoms with Crippen molar-refractivity contribution in [1.29, 1.82) is 0 Å². The summed E-state index contributed by atoms with van der Waals surface area (Å²) in [5.74, 6) is -3.11. The van der Waals surface area contributed by atoms with Gasteiger partial charge in [0.15, 0.2) is 0 Å². The fourth-order valence-corrected chi connectivity index (χ4v) is 2.06. The molecule has 0 aromatic heterocycles. The number of ether oxygens (including phenoxy) is 2. The Balaban J connectivity index is 3.46. The molecule has 0 aliphatic heterocycles.